The Morgan fingerprint density at radius 1 is 1.40 bits per heavy atom. The summed E-state index contributed by atoms with van der Waals surface area (Å²) in [5.74, 6) is 2.27. The lowest BCUT2D eigenvalue weighted by Crippen LogP contribution is -2.48. The highest BCUT2D eigenvalue weighted by atomic mass is 35.5. The highest BCUT2D eigenvalue weighted by Gasteiger charge is 2.22. The molecule has 0 spiro atoms. The lowest BCUT2D eigenvalue weighted by Gasteiger charge is -2.31. The monoisotopic (exact) mass is 300 g/mol. The molecule has 3 rings (SSSR count). The van der Waals surface area contributed by atoms with Crippen molar-refractivity contribution in [3.63, 3.8) is 0 Å². The van der Waals surface area contributed by atoms with Crippen molar-refractivity contribution in [2.45, 2.75) is 19.5 Å². The van der Waals surface area contributed by atoms with Gasteiger partial charge < -0.3 is 19.5 Å². The summed E-state index contributed by atoms with van der Waals surface area (Å²) in [5, 5.41) is 3.45. The molecule has 0 aromatic heterocycles. The maximum absolute atomic E-state index is 5.46. The van der Waals surface area contributed by atoms with Gasteiger partial charge in [0.2, 0.25) is 12.5 Å². The van der Waals surface area contributed by atoms with Crippen molar-refractivity contribution in [3.8, 4) is 17.2 Å². The average molecular weight is 301 g/mol. The molecule has 112 valence electrons. The number of benzene rings is 1. The van der Waals surface area contributed by atoms with Crippen LogP contribution in [-0.2, 0) is 6.54 Å². The first-order valence-electron chi connectivity index (χ1n) is 6.68. The van der Waals surface area contributed by atoms with E-state index in [1.54, 1.807) is 7.11 Å². The molecular formula is C14H21ClN2O3. The van der Waals surface area contributed by atoms with Gasteiger partial charge in [0.15, 0.2) is 11.5 Å². The van der Waals surface area contributed by atoms with Crippen LogP contribution < -0.4 is 19.5 Å². The van der Waals surface area contributed by atoms with Crippen molar-refractivity contribution >= 4 is 12.4 Å². The molecular weight excluding hydrogens is 280 g/mol. The van der Waals surface area contributed by atoms with Gasteiger partial charge in [0, 0.05) is 32.2 Å². The van der Waals surface area contributed by atoms with E-state index in [0.717, 1.165) is 43.4 Å². The fourth-order valence-electron chi connectivity index (χ4n) is 2.69. The van der Waals surface area contributed by atoms with E-state index >= 15 is 0 Å². The first kappa shape index (κ1) is 15.2. The Kier molecular flexibility index (Phi) is 4.96. The molecule has 1 aromatic carbocycles. The van der Waals surface area contributed by atoms with Gasteiger partial charge in [0.05, 0.1) is 7.11 Å². The Hall–Kier alpha value is -1.17. The third-order valence-electron chi connectivity index (χ3n) is 3.58. The Morgan fingerprint density at radius 3 is 3.00 bits per heavy atom. The molecule has 2 heterocycles. The summed E-state index contributed by atoms with van der Waals surface area (Å²) >= 11 is 0. The second-order valence-electron chi connectivity index (χ2n) is 5.12. The number of halogens is 1. The topological polar surface area (TPSA) is 43.0 Å². The third-order valence-corrected chi connectivity index (χ3v) is 3.58. The number of fused-ring (bicyclic) bond motifs is 1. The van der Waals surface area contributed by atoms with Gasteiger partial charge in [0.1, 0.15) is 0 Å². The van der Waals surface area contributed by atoms with E-state index in [0.29, 0.717) is 6.04 Å². The molecule has 2 aliphatic rings. The summed E-state index contributed by atoms with van der Waals surface area (Å²) in [6.45, 7) is 6.59. The molecule has 5 nitrogen and oxygen atoms in total. The van der Waals surface area contributed by atoms with Gasteiger partial charge in [-0.3, -0.25) is 4.90 Å². The lowest BCUT2D eigenvalue weighted by atomic mass is 10.1. The number of ether oxygens (including phenoxy) is 3. The lowest BCUT2D eigenvalue weighted by molar-refractivity contribution is 0.171. The van der Waals surface area contributed by atoms with Crippen LogP contribution in [0.5, 0.6) is 17.2 Å². The Morgan fingerprint density at radius 2 is 2.25 bits per heavy atom. The molecule has 0 aliphatic carbocycles. The summed E-state index contributed by atoms with van der Waals surface area (Å²) in [6.07, 6.45) is 0. The van der Waals surface area contributed by atoms with E-state index in [-0.39, 0.29) is 19.2 Å². The molecule has 6 heteroatoms. The maximum atomic E-state index is 5.46. The molecule has 1 N–H and O–H groups in total. The van der Waals surface area contributed by atoms with Crippen molar-refractivity contribution in [2.75, 3.05) is 33.5 Å². The van der Waals surface area contributed by atoms with Crippen LogP contribution in [0.4, 0.5) is 0 Å². The van der Waals surface area contributed by atoms with Gasteiger partial charge in [-0.2, -0.15) is 0 Å². The highest BCUT2D eigenvalue weighted by Crippen LogP contribution is 2.42. The predicted molar refractivity (Wildman–Crippen MR) is 79.1 cm³/mol. The minimum absolute atomic E-state index is 0. The smallest absolute Gasteiger partial charge is 0.231 e. The minimum Gasteiger partial charge on any atom is -0.493 e. The number of hydrogen-bond acceptors (Lipinski definition) is 5. The predicted octanol–water partition coefficient (Wildman–Crippen LogP) is 1.64. The quantitative estimate of drug-likeness (QED) is 0.919. The van der Waals surface area contributed by atoms with E-state index in [4.69, 9.17) is 14.2 Å². The van der Waals surface area contributed by atoms with Gasteiger partial charge in [0.25, 0.3) is 0 Å². The zero-order chi connectivity index (χ0) is 13.2. The van der Waals surface area contributed by atoms with Crippen LogP contribution in [0.1, 0.15) is 12.5 Å². The molecule has 1 fully saturated rings. The summed E-state index contributed by atoms with van der Waals surface area (Å²) < 4.78 is 16.2. The van der Waals surface area contributed by atoms with E-state index in [2.05, 4.69) is 23.2 Å². The molecule has 0 radical (unpaired) electrons. The van der Waals surface area contributed by atoms with Gasteiger partial charge in [-0.1, -0.05) is 0 Å². The third kappa shape index (κ3) is 3.11. The molecule has 1 saturated heterocycles. The van der Waals surface area contributed by atoms with Gasteiger partial charge >= 0.3 is 0 Å². The Balaban J connectivity index is 0.00000147. The zero-order valence-electron chi connectivity index (χ0n) is 11.8. The first-order valence-corrected chi connectivity index (χ1v) is 6.68. The zero-order valence-corrected chi connectivity index (χ0v) is 12.7. The molecule has 2 aliphatic heterocycles. The van der Waals surface area contributed by atoms with Gasteiger partial charge in [-0.15, -0.1) is 12.4 Å². The maximum Gasteiger partial charge on any atom is 0.231 e. The fourth-order valence-corrected chi connectivity index (χ4v) is 2.69. The van der Waals surface area contributed by atoms with E-state index in [9.17, 15) is 0 Å². The number of methoxy groups -OCH3 is 1. The van der Waals surface area contributed by atoms with Crippen LogP contribution in [0.25, 0.3) is 0 Å². The second kappa shape index (κ2) is 6.52. The van der Waals surface area contributed by atoms with E-state index in [1.165, 1.54) is 5.56 Å². The van der Waals surface area contributed by atoms with Crippen molar-refractivity contribution in [3.05, 3.63) is 17.7 Å². The van der Waals surface area contributed by atoms with Crippen molar-refractivity contribution in [2.24, 2.45) is 0 Å². The van der Waals surface area contributed by atoms with Crippen LogP contribution in [0.2, 0.25) is 0 Å². The molecule has 0 bridgehead atoms. The number of nitrogens with zero attached hydrogens (tertiary/aromatic N) is 1. The summed E-state index contributed by atoms with van der Waals surface area (Å²) in [4.78, 5) is 2.44. The molecule has 1 atom stereocenters. The molecule has 1 unspecified atom stereocenters. The van der Waals surface area contributed by atoms with Crippen LogP contribution in [0, 0.1) is 0 Å². The van der Waals surface area contributed by atoms with Crippen LogP contribution >= 0.6 is 12.4 Å². The SMILES string of the molecule is COc1cc(CN2CCNC(C)C2)cc2c1OCO2.Cl. The van der Waals surface area contributed by atoms with Crippen molar-refractivity contribution < 1.29 is 14.2 Å². The largest absolute Gasteiger partial charge is 0.493 e. The van der Waals surface area contributed by atoms with E-state index in [1.807, 2.05) is 6.07 Å². The van der Waals surface area contributed by atoms with Gasteiger partial charge in [-0.25, -0.2) is 0 Å². The normalized spacial score (nSPS) is 21.4. The Bertz CT molecular complexity index is 470. The Labute approximate surface area is 125 Å². The molecule has 1 aromatic rings. The molecule has 0 saturated carbocycles. The summed E-state index contributed by atoms with van der Waals surface area (Å²) in [5.41, 5.74) is 1.20. The van der Waals surface area contributed by atoms with Crippen LogP contribution in [0.3, 0.4) is 0 Å². The standard InChI is InChI=1S/C14H20N2O3.ClH/c1-10-7-16(4-3-15-10)8-11-5-12(17-2)14-13(6-11)18-9-19-14;/h5-6,10,15H,3-4,7-9H2,1-2H3;1H. The van der Waals surface area contributed by atoms with Gasteiger partial charge in [-0.05, 0) is 24.6 Å². The van der Waals surface area contributed by atoms with E-state index < -0.39 is 0 Å². The summed E-state index contributed by atoms with van der Waals surface area (Å²) in [7, 11) is 1.66. The minimum atomic E-state index is 0. The fraction of sp³-hybridized carbons (Fsp3) is 0.571. The van der Waals surface area contributed by atoms with Crippen LogP contribution in [-0.4, -0.2) is 44.5 Å². The average Bonchev–Trinajstić information content (AvgIpc) is 2.86. The number of nitrogens with one attached hydrogen (secondary N) is 1. The molecule has 0 amide bonds. The number of piperazine rings is 1. The number of hydrogen-bond donors (Lipinski definition) is 1. The first-order chi connectivity index (χ1) is 9.26. The summed E-state index contributed by atoms with van der Waals surface area (Å²) in [6, 6.07) is 4.64. The molecule has 20 heavy (non-hydrogen) atoms. The number of rotatable bonds is 3. The van der Waals surface area contributed by atoms with Crippen LogP contribution in [0.15, 0.2) is 12.1 Å². The second-order valence-corrected chi connectivity index (χ2v) is 5.12. The van der Waals surface area contributed by atoms with Crippen molar-refractivity contribution in [1.82, 2.24) is 10.2 Å². The van der Waals surface area contributed by atoms with Crippen molar-refractivity contribution in [1.29, 1.82) is 0 Å². The highest BCUT2D eigenvalue weighted by molar-refractivity contribution is 5.85.